The van der Waals surface area contributed by atoms with Crippen LogP contribution in [0.2, 0.25) is 0 Å². The Kier molecular flexibility index (Phi) is 5.97. The van der Waals surface area contributed by atoms with Crippen molar-refractivity contribution in [1.82, 2.24) is 15.3 Å². The lowest BCUT2D eigenvalue weighted by molar-refractivity contribution is 0.0922. The topological polar surface area (TPSA) is 70.2 Å². The first kappa shape index (κ1) is 21.0. The molecule has 0 aliphatic heterocycles. The van der Waals surface area contributed by atoms with Crippen LogP contribution in [0.5, 0.6) is 0 Å². The highest BCUT2D eigenvalue weighted by Crippen LogP contribution is 2.26. The number of halogens is 2. The van der Waals surface area contributed by atoms with Gasteiger partial charge in [0.05, 0.1) is 11.1 Å². The van der Waals surface area contributed by atoms with Gasteiger partial charge in [-0.1, -0.05) is 12.1 Å². The van der Waals surface area contributed by atoms with Gasteiger partial charge in [0.2, 0.25) is 5.95 Å². The maximum absolute atomic E-state index is 13.8. The van der Waals surface area contributed by atoms with Crippen molar-refractivity contribution in [2.45, 2.75) is 37.8 Å². The van der Waals surface area contributed by atoms with Crippen LogP contribution in [0.3, 0.4) is 0 Å². The molecule has 162 valence electrons. The van der Waals surface area contributed by atoms with Crippen molar-refractivity contribution in [3.8, 4) is 0 Å². The zero-order chi connectivity index (χ0) is 22.0. The van der Waals surface area contributed by atoms with E-state index in [1.165, 1.54) is 6.07 Å². The number of aromatic nitrogens is 2. The number of hydrogen-bond donors (Lipinski definition) is 2. The summed E-state index contributed by atoms with van der Waals surface area (Å²) in [5.41, 5.74) is 0.744. The van der Waals surface area contributed by atoms with Gasteiger partial charge in [0.1, 0.15) is 17.5 Å². The molecule has 0 radical (unpaired) electrons. The predicted molar refractivity (Wildman–Crippen MR) is 117 cm³/mol. The molecule has 0 atom stereocenters. The quantitative estimate of drug-likeness (QED) is 0.643. The number of para-hydroxylation sites is 1. The summed E-state index contributed by atoms with van der Waals surface area (Å²) in [4.78, 5) is 23.6. The number of benzene rings is 2. The van der Waals surface area contributed by atoms with Gasteiger partial charge in [-0.2, -0.15) is 4.98 Å². The fourth-order valence-electron chi connectivity index (χ4n) is 3.97. The number of fused-ring (bicyclic) bond motifs is 1. The lowest BCUT2D eigenvalue weighted by atomic mass is 9.91. The standard InChI is InChI=1S/C23H25F2N5O/c1-30(2)21-18-5-3-4-6-20(18)28-23(29-21)27-16-10-8-15(9-11-16)26-22(31)17-12-7-14(24)13-19(17)25/h3-7,12-13,15-16H,8-11H2,1-2H3,(H,26,31)(H,27,28,29)/t15-,16+. The number of carbonyl (C=O) groups is 1. The highest BCUT2D eigenvalue weighted by atomic mass is 19.1. The summed E-state index contributed by atoms with van der Waals surface area (Å²) in [6, 6.07) is 11.0. The minimum atomic E-state index is -0.849. The Bertz CT molecular complexity index is 1100. The molecule has 6 nitrogen and oxygen atoms in total. The third-order valence-corrected chi connectivity index (χ3v) is 5.58. The van der Waals surface area contributed by atoms with Crippen molar-refractivity contribution in [2.24, 2.45) is 0 Å². The van der Waals surface area contributed by atoms with Crippen LogP contribution < -0.4 is 15.5 Å². The molecule has 1 fully saturated rings. The van der Waals surface area contributed by atoms with E-state index < -0.39 is 17.5 Å². The van der Waals surface area contributed by atoms with E-state index in [1.54, 1.807) is 0 Å². The summed E-state index contributed by atoms with van der Waals surface area (Å²) in [7, 11) is 3.91. The summed E-state index contributed by atoms with van der Waals surface area (Å²) >= 11 is 0. The van der Waals surface area contributed by atoms with Gasteiger partial charge >= 0.3 is 0 Å². The average molecular weight is 425 g/mol. The molecule has 0 unspecified atom stereocenters. The van der Waals surface area contributed by atoms with Crippen LogP contribution in [0.4, 0.5) is 20.5 Å². The number of carbonyl (C=O) groups excluding carboxylic acids is 1. The van der Waals surface area contributed by atoms with Gasteiger partial charge in [-0.15, -0.1) is 0 Å². The van der Waals surface area contributed by atoms with Gasteiger partial charge in [-0.3, -0.25) is 4.79 Å². The Morgan fingerprint density at radius 2 is 1.71 bits per heavy atom. The molecule has 1 aromatic heterocycles. The third-order valence-electron chi connectivity index (χ3n) is 5.58. The first-order valence-electron chi connectivity index (χ1n) is 10.4. The van der Waals surface area contributed by atoms with Crippen LogP contribution in [-0.4, -0.2) is 42.1 Å². The SMILES string of the molecule is CN(C)c1nc(N[C@H]2CC[C@@H](NC(=O)c3ccc(F)cc3F)CC2)nc2ccccc12. The smallest absolute Gasteiger partial charge is 0.254 e. The molecule has 1 heterocycles. The number of hydrogen-bond acceptors (Lipinski definition) is 5. The molecule has 3 aromatic rings. The predicted octanol–water partition coefficient (Wildman–Crippen LogP) is 4.13. The first-order chi connectivity index (χ1) is 14.9. The first-order valence-corrected chi connectivity index (χ1v) is 10.4. The van der Waals surface area contributed by atoms with Gasteiger partial charge in [0.25, 0.3) is 5.91 Å². The second-order valence-corrected chi connectivity index (χ2v) is 8.07. The molecular weight excluding hydrogens is 400 g/mol. The Morgan fingerprint density at radius 1 is 1.00 bits per heavy atom. The highest BCUT2D eigenvalue weighted by Gasteiger charge is 2.24. The van der Waals surface area contributed by atoms with Crippen LogP contribution in [0, 0.1) is 11.6 Å². The van der Waals surface area contributed by atoms with Crippen molar-refractivity contribution in [3.05, 3.63) is 59.7 Å². The van der Waals surface area contributed by atoms with Gasteiger partial charge in [0, 0.05) is 37.6 Å². The molecule has 0 bridgehead atoms. The van der Waals surface area contributed by atoms with Crippen LogP contribution in [-0.2, 0) is 0 Å². The average Bonchev–Trinajstić information content (AvgIpc) is 2.74. The van der Waals surface area contributed by atoms with E-state index in [4.69, 9.17) is 0 Å². The molecule has 4 rings (SSSR count). The zero-order valence-corrected chi connectivity index (χ0v) is 17.5. The summed E-state index contributed by atoms with van der Waals surface area (Å²) in [5.74, 6) is -0.618. The van der Waals surface area contributed by atoms with E-state index in [9.17, 15) is 13.6 Å². The van der Waals surface area contributed by atoms with E-state index in [1.807, 2.05) is 43.3 Å². The fraction of sp³-hybridized carbons (Fsp3) is 0.348. The zero-order valence-electron chi connectivity index (χ0n) is 17.5. The summed E-state index contributed by atoms with van der Waals surface area (Å²) in [6.07, 6.45) is 3.15. The van der Waals surface area contributed by atoms with Crippen molar-refractivity contribution in [2.75, 3.05) is 24.3 Å². The van der Waals surface area contributed by atoms with Crippen LogP contribution in [0.1, 0.15) is 36.0 Å². The minimum absolute atomic E-state index is 0.0511. The Labute approximate surface area is 179 Å². The second-order valence-electron chi connectivity index (χ2n) is 8.07. The van der Waals surface area contributed by atoms with Crippen molar-refractivity contribution in [3.63, 3.8) is 0 Å². The molecule has 1 amide bonds. The molecule has 2 aromatic carbocycles. The molecular formula is C23H25F2N5O. The van der Waals surface area contributed by atoms with Crippen LogP contribution in [0.15, 0.2) is 42.5 Å². The third kappa shape index (κ3) is 4.73. The molecule has 2 N–H and O–H groups in total. The van der Waals surface area contributed by atoms with Crippen molar-refractivity contribution < 1.29 is 13.6 Å². The van der Waals surface area contributed by atoms with E-state index in [0.29, 0.717) is 5.95 Å². The fourth-order valence-corrected chi connectivity index (χ4v) is 3.97. The molecule has 1 aliphatic carbocycles. The number of anilines is 2. The Balaban J connectivity index is 1.38. The largest absolute Gasteiger partial charge is 0.362 e. The van der Waals surface area contributed by atoms with Crippen molar-refractivity contribution in [1.29, 1.82) is 0 Å². The summed E-state index contributed by atoms with van der Waals surface area (Å²) in [5, 5.41) is 7.28. The summed E-state index contributed by atoms with van der Waals surface area (Å²) in [6.45, 7) is 0. The van der Waals surface area contributed by atoms with Crippen LogP contribution >= 0.6 is 0 Å². The second kappa shape index (κ2) is 8.83. The van der Waals surface area contributed by atoms with Crippen LogP contribution in [0.25, 0.3) is 10.9 Å². The molecule has 1 aliphatic rings. The minimum Gasteiger partial charge on any atom is -0.362 e. The van der Waals surface area contributed by atoms with E-state index >= 15 is 0 Å². The molecule has 8 heteroatoms. The normalized spacial score (nSPS) is 18.6. The van der Waals surface area contributed by atoms with E-state index in [2.05, 4.69) is 20.6 Å². The molecule has 1 saturated carbocycles. The number of nitrogens with one attached hydrogen (secondary N) is 2. The van der Waals surface area contributed by atoms with Gasteiger partial charge < -0.3 is 15.5 Å². The van der Waals surface area contributed by atoms with E-state index in [0.717, 1.165) is 54.5 Å². The summed E-state index contributed by atoms with van der Waals surface area (Å²) < 4.78 is 26.9. The highest BCUT2D eigenvalue weighted by molar-refractivity contribution is 5.94. The lowest BCUT2D eigenvalue weighted by Gasteiger charge is -2.30. The monoisotopic (exact) mass is 425 g/mol. The Morgan fingerprint density at radius 3 is 2.42 bits per heavy atom. The number of nitrogens with zero attached hydrogens (tertiary/aromatic N) is 3. The maximum atomic E-state index is 13.8. The van der Waals surface area contributed by atoms with Gasteiger partial charge in [-0.05, 0) is 49.9 Å². The van der Waals surface area contributed by atoms with Gasteiger partial charge in [0.15, 0.2) is 0 Å². The number of amides is 1. The van der Waals surface area contributed by atoms with Crippen molar-refractivity contribution >= 4 is 28.6 Å². The number of rotatable bonds is 5. The Hall–Kier alpha value is -3.29. The van der Waals surface area contributed by atoms with Gasteiger partial charge in [-0.25, -0.2) is 13.8 Å². The molecule has 31 heavy (non-hydrogen) atoms. The van der Waals surface area contributed by atoms with E-state index in [-0.39, 0.29) is 17.6 Å². The molecule has 0 saturated heterocycles. The molecule has 0 spiro atoms. The maximum Gasteiger partial charge on any atom is 0.254 e. The lowest BCUT2D eigenvalue weighted by Crippen LogP contribution is -2.40.